The third-order valence-corrected chi connectivity index (χ3v) is 19.8. The summed E-state index contributed by atoms with van der Waals surface area (Å²) in [5.41, 5.74) is 4.58. The van der Waals surface area contributed by atoms with Gasteiger partial charge in [-0.1, -0.05) is 29.8 Å². The number of hydrogen-bond donors (Lipinski definition) is 2. The number of carboxylic acid groups (broad SMARTS) is 1. The number of nitrogens with one attached hydrogen (secondary N) is 1. The van der Waals surface area contributed by atoms with Gasteiger partial charge in [-0.3, -0.25) is 23.6 Å². The van der Waals surface area contributed by atoms with Gasteiger partial charge in [-0.2, -0.15) is 9.46 Å². The molecule has 2 N–H and O–H groups in total. The molecule has 25 nitrogen and oxygen atoms in total. The maximum atomic E-state index is 14.6. The first-order chi connectivity index (χ1) is 44.4. The first-order valence-corrected chi connectivity index (χ1v) is 33.5. The number of nitrogens with zero attached hydrogens (tertiary/aromatic N) is 9. The Hall–Kier alpha value is -8.23. The van der Waals surface area contributed by atoms with Crippen molar-refractivity contribution in [1.29, 1.82) is 0 Å². The van der Waals surface area contributed by atoms with E-state index in [2.05, 4.69) is 59.0 Å². The molecule has 7 aliphatic rings. The van der Waals surface area contributed by atoms with Gasteiger partial charge in [-0.05, 0) is 151 Å². The monoisotopic (exact) mass is 1310 g/mol. The van der Waals surface area contributed by atoms with Crippen molar-refractivity contribution < 1.29 is 71.2 Å². The Bertz CT molecular complexity index is 3800. The summed E-state index contributed by atoms with van der Waals surface area (Å²) in [6.45, 7) is 6.23. The van der Waals surface area contributed by atoms with E-state index >= 15 is 0 Å². The lowest BCUT2D eigenvalue weighted by Crippen LogP contribution is -2.49. The number of H-pyrrole nitrogens is 1. The van der Waals surface area contributed by atoms with Gasteiger partial charge >= 0.3 is 17.9 Å². The summed E-state index contributed by atoms with van der Waals surface area (Å²) in [4.78, 5) is 63.5. The Kier molecular flexibility index (Phi) is 21.4. The molecule has 13 rings (SSSR count). The van der Waals surface area contributed by atoms with Crippen molar-refractivity contribution >= 4 is 56.6 Å². The Morgan fingerprint density at radius 2 is 1.38 bits per heavy atom. The number of allylic oxidation sites excluding steroid dienone is 1. The summed E-state index contributed by atoms with van der Waals surface area (Å²) in [5, 5.41) is 28.3. The number of carbonyl (C=O) groups is 5. The number of ketones is 1. The van der Waals surface area contributed by atoms with Gasteiger partial charge < -0.3 is 47.9 Å². The molecule has 2 aliphatic heterocycles. The smallest absolute Gasteiger partial charge is 0.345 e. The fraction of sp³-hybridized carbons (Fsp3) is 0.523. The highest BCUT2D eigenvalue weighted by molar-refractivity contribution is 7.94. The fourth-order valence-electron chi connectivity index (χ4n) is 12.1. The molecule has 0 unspecified atom stereocenters. The van der Waals surface area contributed by atoms with E-state index in [1.807, 2.05) is 18.2 Å². The van der Waals surface area contributed by atoms with Crippen LogP contribution in [0.1, 0.15) is 172 Å². The second-order valence-electron chi connectivity index (χ2n) is 23.9. The molecule has 5 atom stereocenters. The van der Waals surface area contributed by atoms with Crippen molar-refractivity contribution in [1.82, 2.24) is 39.5 Å². The molecular weight excluding hydrogens is 1230 g/mol. The number of methoxy groups -OCH3 is 5. The SMILES string of the molecule is CCOC(=O)c1cn(C2CC2)nc1OC.CCOC(=O)c1cn[nH]c1OC.COc1nn(C2CC2)cc1C(=O)C[S@@]1(=O)=NC(=O)c2ccc3c(c2)N(C[C@@H]2CC[C@H]2[C@@H](OC)/C=C/CCC1)C[C@@]1(CCCc2cc(Cl)ccc21)CO3.COc1nn(C2CC2)cc1C(=O)O. The van der Waals surface area contributed by atoms with Gasteiger partial charge in [0.25, 0.3) is 5.91 Å². The number of aromatic amines is 1. The van der Waals surface area contributed by atoms with E-state index in [1.165, 1.54) is 52.0 Å². The van der Waals surface area contributed by atoms with Crippen LogP contribution in [0.25, 0.3) is 0 Å². The molecule has 1 amide bonds. The molecule has 4 aromatic heterocycles. The van der Waals surface area contributed by atoms with Gasteiger partial charge in [0.2, 0.25) is 23.5 Å². The van der Waals surface area contributed by atoms with Crippen LogP contribution in [-0.2, 0) is 35.8 Å². The van der Waals surface area contributed by atoms with Gasteiger partial charge in [0, 0.05) is 60.5 Å². The molecule has 2 bridgehead atoms. The standard InChI is InChI=1S/C40H47ClN4O6S.C10H14N2O3.C8H10N2O3.C7H10N2O3/c1-49-36-8-4-3-5-18-52(48,23-35(46)32-22-45(30-12-13-30)42-39(32)50-2)43-38(47)27-10-16-37-34(20-27)44(21-28-9-14-31(28)36)24-40(25-51-37)17-6-7-26-19-29(41)11-15-33(26)40;1-3-15-10(13)8-6-12(7-4-5-7)11-9(8)14-2;1-13-7-6(8(11)12)4-10(9-7)5-2-3-5;1-3-12-7(10)5-4-8-9-6(5)11-2/h4,8,10-11,15-16,19-20,22,28,30-31,36H,3,5-7,9,12-14,17-18,21,23-25H2,1-2H3;6-7H,3-5H2,1-2H3;4-5H,2-3H2,1H3,(H,11,12);4H,3H2,1-2H3,(H,8,9)/b8-4+;;;/t28-,31+,36-,40-,52+;;;/m0.../s1. The highest BCUT2D eigenvalue weighted by atomic mass is 35.5. The topological polar surface area (TPSA) is 294 Å². The number of Topliss-reactive ketones (excluding diaryl/α,β-unsaturated/α-hetero) is 1. The highest BCUT2D eigenvalue weighted by Crippen LogP contribution is 2.48. The number of aryl methyl sites for hydroxylation is 1. The fourth-order valence-corrected chi connectivity index (χ4v) is 14.2. The summed E-state index contributed by atoms with van der Waals surface area (Å²) in [7, 11) is 4.32. The number of anilines is 1. The highest BCUT2D eigenvalue weighted by Gasteiger charge is 2.45. The zero-order valence-corrected chi connectivity index (χ0v) is 54.6. The van der Waals surface area contributed by atoms with Gasteiger partial charge in [-0.25, -0.2) is 23.7 Å². The number of benzene rings is 2. The second kappa shape index (κ2) is 29.6. The quantitative estimate of drug-likeness (QED) is 0.0517. The van der Waals surface area contributed by atoms with Crippen LogP contribution in [-0.4, -0.2) is 165 Å². The molecule has 4 fully saturated rings. The van der Waals surface area contributed by atoms with Crippen molar-refractivity contribution in [3.63, 3.8) is 0 Å². The summed E-state index contributed by atoms with van der Waals surface area (Å²) in [5.74, 6) is -0.554. The van der Waals surface area contributed by atoms with Crippen molar-refractivity contribution in [3.8, 4) is 29.3 Å². The first kappa shape index (κ1) is 66.7. The van der Waals surface area contributed by atoms with Crippen LogP contribution in [0.2, 0.25) is 5.02 Å². The lowest BCUT2D eigenvalue weighted by atomic mass is 9.68. The zero-order chi connectivity index (χ0) is 65.3. The number of hydrogen-bond acceptors (Lipinski definition) is 19. The van der Waals surface area contributed by atoms with E-state index in [-0.39, 0.29) is 52.2 Å². The number of rotatable bonds is 16. The zero-order valence-electron chi connectivity index (χ0n) is 53.0. The maximum Gasteiger partial charge on any atom is 0.345 e. The van der Waals surface area contributed by atoms with Crippen LogP contribution >= 0.6 is 11.6 Å². The average molecular weight is 1310 g/mol. The first-order valence-electron chi connectivity index (χ1n) is 31.3. The molecule has 4 saturated carbocycles. The molecule has 2 aromatic carbocycles. The summed E-state index contributed by atoms with van der Waals surface area (Å²) in [6.07, 6.45) is 23.1. The Balaban J connectivity index is 0.000000185. The van der Waals surface area contributed by atoms with Crippen LogP contribution in [0.4, 0.5) is 5.69 Å². The third-order valence-electron chi connectivity index (χ3n) is 17.4. The number of aromatic nitrogens is 8. The molecule has 0 saturated heterocycles. The number of amides is 1. The summed E-state index contributed by atoms with van der Waals surface area (Å²) < 4.78 is 66.7. The second-order valence-corrected chi connectivity index (χ2v) is 26.7. The number of aromatic carboxylic acids is 1. The Labute approximate surface area is 539 Å². The lowest BCUT2D eigenvalue weighted by Gasteiger charge is -2.46. The van der Waals surface area contributed by atoms with Crippen LogP contribution in [0.15, 0.2) is 77.7 Å². The molecule has 0 radical (unpaired) electrons. The number of halogens is 1. The van der Waals surface area contributed by atoms with Crippen LogP contribution in [0, 0.1) is 11.8 Å². The molecule has 1 spiro atoms. The minimum absolute atomic E-state index is 0.0418. The summed E-state index contributed by atoms with van der Waals surface area (Å²) >= 11 is 6.46. The van der Waals surface area contributed by atoms with Crippen molar-refractivity contribution in [2.45, 2.75) is 127 Å². The minimum Gasteiger partial charge on any atom is -0.490 e. The number of fused-ring (bicyclic) bond motifs is 4. The molecular formula is C65H81ClN10O15S. The number of ether oxygens (including phenoxy) is 8. The van der Waals surface area contributed by atoms with Crippen molar-refractivity contribution in [2.24, 2.45) is 16.2 Å². The van der Waals surface area contributed by atoms with Crippen LogP contribution in [0.3, 0.4) is 0 Å². The molecule has 27 heteroatoms. The van der Waals surface area contributed by atoms with E-state index in [1.54, 1.807) is 53.5 Å². The van der Waals surface area contributed by atoms with E-state index in [9.17, 15) is 28.2 Å². The Morgan fingerprint density at radius 3 is 1.96 bits per heavy atom. The molecule has 6 aromatic rings. The van der Waals surface area contributed by atoms with Crippen molar-refractivity contribution in [2.75, 3.05) is 84.9 Å². The van der Waals surface area contributed by atoms with Gasteiger partial charge in [0.05, 0.1) is 99.9 Å². The number of esters is 2. The predicted molar refractivity (Wildman–Crippen MR) is 340 cm³/mol. The third kappa shape index (κ3) is 15.6. The average Bonchev–Trinajstić information content (AvgIpc) is 1.59. The lowest BCUT2D eigenvalue weighted by molar-refractivity contribution is 0.0132. The molecule has 92 heavy (non-hydrogen) atoms. The van der Waals surface area contributed by atoms with Gasteiger partial charge in [0.1, 0.15) is 28.0 Å². The van der Waals surface area contributed by atoms with Gasteiger partial charge in [0.15, 0.2) is 5.78 Å². The van der Waals surface area contributed by atoms with Crippen LogP contribution < -0.4 is 28.6 Å². The van der Waals surface area contributed by atoms with E-state index in [4.69, 9.17) is 54.6 Å². The Morgan fingerprint density at radius 1 is 0.761 bits per heavy atom. The van der Waals surface area contributed by atoms with Gasteiger partial charge in [-0.15, -0.1) is 15.3 Å². The normalized spacial score (nSPS) is 22.6. The molecule has 6 heterocycles. The molecule has 494 valence electrons. The minimum atomic E-state index is -3.30. The maximum absolute atomic E-state index is 14.6. The largest absolute Gasteiger partial charge is 0.490 e. The number of carbonyl (C=O) groups excluding carboxylic acids is 4. The van der Waals surface area contributed by atoms with Crippen LogP contribution in [0.5, 0.6) is 29.3 Å². The van der Waals surface area contributed by atoms with Crippen molar-refractivity contribution in [3.05, 3.63) is 117 Å². The predicted octanol–water partition coefficient (Wildman–Crippen LogP) is 10.2. The molecule has 5 aliphatic carbocycles. The van der Waals surface area contributed by atoms with E-state index < -0.39 is 39.1 Å². The van der Waals surface area contributed by atoms with E-state index in [0.29, 0.717) is 90.8 Å². The number of carboxylic acids is 1. The van der Waals surface area contributed by atoms with E-state index in [0.717, 1.165) is 94.4 Å². The summed E-state index contributed by atoms with van der Waals surface area (Å²) in [6, 6.07) is 12.7.